The molecule has 228 valence electrons. The van der Waals surface area contributed by atoms with Gasteiger partial charge in [-0.2, -0.15) is 0 Å². The summed E-state index contributed by atoms with van der Waals surface area (Å²) in [5, 5.41) is 8.07. The molecule has 1 aromatic heterocycles. The first-order chi connectivity index (χ1) is 21.4. The van der Waals surface area contributed by atoms with Crippen LogP contribution in [-0.4, -0.2) is 60.9 Å². The summed E-state index contributed by atoms with van der Waals surface area (Å²) in [6.07, 6.45) is 3.52. The average Bonchev–Trinajstić information content (AvgIpc) is 3.53. The molecule has 0 aliphatic carbocycles. The third kappa shape index (κ3) is 7.87. The van der Waals surface area contributed by atoms with E-state index in [1.807, 2.05) is 85.9 Å². The van der Waals surface area contributed by atoms with Crippen LogP contribution >= 0.6 is 11.8 Å². The third-order valence-electron chi connectivity index (χ3n) is 6.81. The maximum atomic E-state index is 12.2. The van der Waals surface area contributed by atoms with Crippen LogP contribution in [0.25, 0.3) is 0 Å². The number of hydrogen-bond acceptors (Lipinski definition) is 10. The molecule has 4 aromatic rings. The van der Waals surface area contributed by atoms with Crippen molar-refractivity contribution < 1.29 is 19.1 Å². The van der Waals surface area contributed by atoms with E-state index >= 15 is 0 Å². The highest BCUT2D eigenvalue weighted by Crippen LogP contribution is 2.40. The van der Waals surface area contributed by atoms with Gasteiger partial charge in [0.1, 0.15) is 29.4 Å². The zero-order valence-corrected chi connectivity index (χ0v) is 25.8. The van der Waals surface area contributed by atoms with Crippen molar-refractivity contribution in [3.8, 4) is 17.2 Å². The number of para-hydroxylation sites is 1. The highest BCUT2D eigenvalue weighted by Gasteiger charge is 2.29. The second kappa shape index (κ2) is 14.7. The highest BCUT2D eigenvalue weighted by atomic mass is 32.2. The van der Waals surface area contributed by atoms with E-state index in [4.69, 9.17) is 14.3 Å². The fraction of sp³-hybridized carbons (Fsp3) is 0.242. The zero-order chi connectivity index (χ0) is 30.9. The Bertz CT molecular complexity index is 1590. The van der Waals surface area contributed by atoms with E-state index < -0.39 is 0 Å². The number of anilines is 4. The number of carbonyl (C=O) groups excluding carboxylic acids is 1. The minimum Gasteiger partial charge on any atom is -0.495 e. The Morgan fingerprint density at radius 3 is 2.68 bits per heavy atom. The molecule has 0 radical (unpaired) electrons. The van der Waals surface area contributed by atoms with E-state index in [9.17, 15) is 4.79 Å². The van der Waals surface area contributed by atoms with Crippen molar-refractivity contribution in [2.75, 3.05) is 55.8 Å². The lowest BCUT2D eigenvalue weighted by Crippen LogP contribution is -2.22. The van der Waals surface area contributed by atoms with E-state index in [1.165, 1.54) is 12.4 Å². The zero-order valence-electron chi connectivity index (χ0n) is 25.0. The Morgan fingerprint density at radius 2 is 1.91 bits per heavy atom. The average molecular weight is 613 g/mol. The summed E-state index contributed by atoms with van der Waals surface area (Å²) in [7, 11) is 5.66. The van der Waals surface area contributed by atoms with Gasteiger partial charge in [0.2, 0.25) is 5.91 Å². The fourth-order valence-corrected chi connectivity index (χ4v) is 5.78. The molecular formula is C33H36N6O4S. The van der Waals surface area contributed by atoms with Crippen LogP contribution in [0.3, 0.4) is 0 Å². The van der Waals surface area contributed by atoms with Crippen LogP contribution in [0.2, 0.25) is 0 Å². The number of nitrogens with zero attached hydrogens (tertiary/aromatic N) is 4. The largest absolute Gasteiger partial charge is 0.495 e. The van der Waals surface area contributed by atoms with Gasteiger partial charge in [-0.15, -0.1) is 11.8 Å². The number of hydroxylamine groups is 1. The molecule has 44 heavy (non-hydrogen) atoms. The molecule has 1 aliphatic heterocycles. The normalized spacial score (nSPS) is 14.4. The smallest absolute Gasteiger partial charge is 0.247 e. The molecule has 2 heterocycles. The summed E-state index contributed by atoms with van der Waals surface area (Å²) in [5.74, 6) is 3.83. The molecule has 5 rings (SSSR count). The number of thioether (sulfide) groups is 1. The number of amides is 1. The lowest BCUT2D eigenvalue weighted by atomic mass is 10.0. The molecule has 0 bridgehead atoms. The maximum absolute atomic E-state index is 12.2. The van der Waals surface area contributed by atoms with Gasteiger partial charge in [0, 0.05) is 29.7 Å². The molecule has 1 aliphatic rings. The monoisotopic (exact) mass is 612 g/mol. The maximum Gasteiger partial charge on any atom is 0.247 e. The van der Waals surface area contributed by atoms with Crippen LogP contribution < -0.4 is 25.2 Å². The first kappa shape index (κ1) is 30.9. The Hall–Kier alpha value is -4.58. The SMILES string of the molecule is C=CC(=O)Nc1cc(Nc2cc(N3OCC[C@@H]3c3cccc(Oc4ccccc4)c3)ncn2)c(OC)cc1SCCN(C)C. The predicted molar refractivity (Wildman–Crippen MR) is 175 cm³/mol. The number of benzene rings is 3. The number of methoxy groups -OCH3 is 1. The molecule has 1 atom stereocenters. The van der Waals surface area contributed by atoms with Gasteiger partial charge in [0.25, 0.3) is 0 Å². The van der Waals surface area contributed by atoms with Gasteiger partial charge in [-0.25, -0.2) is 15.0 Å². The molecule has 0 spiro atoms. The van der Waals surface area contributed by atoms with Crippen molar-refractivity contribution in [3.05, 3.63) is 97.3 Å². The summed E-state index contributed by atoms with van der Waals surface area (Å²) >= 11 is 1.63. The summed E-state index contributed by atoms with van der Waals surface area (Å²) in [6, 6.07) is 23.2. The van der Waals surface area contributed by atoms with E-state index in [0.29, 0.717) is 35.4 Å². The third-order valence-corrected chi connectivity index (χ3v) is 7.84. The first-order valence-electron chi connectivity index (χ1n) is 14.2. The van der Waals surface area contributed by atoms with Crippen molar-refractivity contribution in [2.24, 2.45) is 0 Å². The Labute approximate surface area is 262 Å². The first-order valence-corrected chi connectivity index (χ1v) is 15.2. The van der Waals surface area contributed by atoms with Crippen molar-refractivity contribution >= 4 is 40.7 Å². The molecule has 1 amide bonds. The molecule has 1 fully saturated rings. The van der Waals surface area contributed by atoms with Gasteiger partial charge in [-0.05, 0) is 62.1 Å². The van der Waals surface area contributed by atoms with Gasteiger partial charge in [-0.3, -0.25) is 9.63 Å². The molecular weight excluding hydrogens is 576 g/mol. The summed E-state index contributed by atoms with van der Waals surface area (Å²) in [4.78, 5) is 30.2. The van der Waals surface area contributed by atoms with Gasteiger partial charge in [-0.1, -0.05) is 36.9 Å². The van der Waals surface area contributed by atoms with Crippen molar-refractivity contribution in [2.45, 2.75) is 17.4 Å². The van der Waals surface area contributed by atoms with Crippen LogP contribution in [0, 0.1) is 0 Å². The van der Waals surface area contributed by atoms with E-state index in [1.54, 1.807) is 18.9 Å². The predicted octanol–water partition coefficient (Wildman–Crippen LogP) is 6.68. The molecule has 0 saturated carbocycles. The molecule has 11 heteroatoms. The number of aromatic nitrogens is 2. The highest BCUT2D eigenvalue weighted by molar-refractivity contribution is 7.99. The van der Waals surface area contributed by atoms with E-state index in [-0.39, 0.29) is 11.9 Å². The lowest BCUT2D eigenvalue weighted by molar-refractivity contribution is -0.111. The van der Waals surface area contributed by atoms with Crippen molar-refractivity contribution in [1.82, 2.24) is 14.9 Å². The number of ether oxygens (including phenoxy) is 2. The van der Waals surface area contributed by atoms with Crippen molar-refractivity contribution in [3.63, 3.8) is 0 Å². The lowest BCUT2D eigenvalue weighted by Gasteiger charge is -2.24. The second-order valence-corrected chi connectivity index (χ2v) is 11.4. The molecule has 1 saturated heterocycles. The molecule has 0 unspecified atom stereocenters. The van der Waals surface area contributed by atoms with Crippen LogP contribution in [-0.2, 0) is 9.63 Å². The summed E-state index contributed by atoms with van der Waals surface area (Å²) in [5.41, 5.74) is 2.34. The Kier molecular flexibility index (Phi) is 10.3. The van der Waals surface area contributed by atoms with E-state index in [2.05, 4.69) is 38.1 Å². The second-order valence-electron chi connectivity index (χ2n) is 10.2. The minimum atomic E-state index is -0.296. The number of nitrogens with one attached hydrogen (secondary N) is 2. The van der Waals surface area contributed by atoms with Crippen LogP contribution in [0.4, 0.5) is 23.0 Å². The standard InChI is InChI=1S/C33H36N6O4S/c1-5-33(40)37-27-19-26(29(41-4)20-30(27)44-17-15-38(2)3)36-31-21-32(35-22-34-31)39-28(14-16-42-39)23-10-9-13-25(18-23)43-24-11-7-6-8-12-24/h5-13,18-22,28H,1,14-17H2,2-4H3,(H,37,40)(H,34,35,36)/t28-/m1/s1. The number of carbonyl (C=O) groups is 1. The van der Waals surface area contributed by atoms with Gasteiger partial charge < -0.3 is 25.0 Å². The minimum absolute atomic E-state index is 0.0641. The van der Waals surface area contributed by atoms with Crippen LogP contribution in [0.1, 0.15) is 18.0 Å². The van der Waals surface area contributed by atoms with Gasteiger partial charge >= 0.3 is 0 Å². The topological polar surface area (TPSA) is 101 Å². The molecule has 10 nitrogen and oxygen atoms in total. The van der Waals surface area contributed by atoms with Gasteiger partial charge in [0.05, 0.1) is 31.1 Å². The van der Waals surface area contributed by atoms with Crippen LogP contribution in [0.15, 0.2) is 96.7 Å². The Morgan fingerprint density at radius 1 is 1.09 bits per heavy atom. The molecule has 3 aromatic carbocycles. The molecule has 2 N–H and O–H groups in total. The van der Waals surface area contributed by atoms with Crippen LogP contribution in [0.5, 0.6) is 17.2 Å². The number of hydrogen-bond donors (Lipinski definition) is 2. The Balaban J connectivity index is 1.37. The number of rotatable bonds is 13. The van der Waals surface area contributed by atoms with Gasteiger partial charge in [0.15, 0.2) is 5.82 Å². The fourth-order valence-electron chi connectivity index (χ4n) is 4.65. The summed E-state index contributed by atoms with van der Waals surface area (Å²) < 4.78 is 11.8. The van der Waals surface area contributed by atoms with Crippen molar-refractivity contribution in [1.29, 1.82) is 0 Å². The summed E-state index contributed by atoms with van der Waals surface area (Å²) in [6.45, 7) is 5.02. The quantitative estimate of drug-likeness (QED) is 0.126. The van der Waals surface area contributed by atoms with E-state index in [0.717, 1.165) is 40.7 Å².